The number of esters is 2. The molecule has 6 nitrogen and oxygen atoms in total. The van der Waals surface area contributed by atoms with E-state index in [-0.39, 0.29) is 18.0 Å². The van der Waals surface area contributed by atoms with Gasteiger partial charge in [-0.15, -0.1) is 0 Å². The van der Waals surface area contributed by atoms with Crippen LogP contribution >= 0.6 is 0 Å². The van der Waals surface area contributed by atoms with E-state index in [4.69, 9.17) is 9.47 Å². The van der Waals surface area contributed by atoms with Crippen molar-refractivity contribution in [2.75, 3.05) is 0 Å². The van der Waals surface area contributed by atoms with Crippen molar-refractivity contribution in [1.29, 1.82) is 0 Å². The summed E-state index contributed by atoms with van der Waals surface area (Å²) in [5, 5.41) is 9.96. The normalized spacial score (nSPS) is 36.9. The number of carboxylic acids is 1. The predicted molar refractivity (Wildman–Crippen MR) is 93.1 cm³/mol. The van der Waals surface area contributed by atoms with Crippen LogP contribution < -0.4 is 0 Å². The minimum Gasteiger partial charge on any atom is -0.481 e. The number of hydrogen-bond acceptors (Lipinski definition) is 5. The Morgan fingerprint density at radius 2 is 2.04 bits per heavy atom. The number of carbonyl (C=O) groups is 3. The third kappa shape index (κ3) is 2.85. The molecule has 1 N–H and O–H groups in total. The third-order valence-corrected chi connectivity index (χ3v) is 6.59. The number of allylic oxidation sites excluding steroid dienone is 1. The van der Waals surface area contributed by atoms with Gasteiger partial charge in [0.05, 0.1) is 5.92 Å². The molecule has 2 fully saturated rings. The van der Waals surface area contributed by atoms with Gasteiger partial charge in [0.15, 0.2) is 0 Å². The summed E-state index contributed by atoms with van der Waals surface area (Å²) in [7, 11) is 0. The van der Waals surface area contributed by atoms with Crippen LogP contribution in [0.5, 0.6) is 0 Å². The molecule has 2 saturated carbocycles. The van der Waals surface area contributed by atoms with Gasteiger partial charge in [-0.1, -0.05) is 13.0 Å². The summed E-state index contributed by atoms with van der Waals surface area (Å²) in [6.45, 7) is 7.11. The van der Waals surface area contributed by atoms with Gasteiger partial charge >= 0.3 is 17.9 Å². The third-order valence-electron chi connectivity index (χ3n) is 6.59. The first kappa shape index (κ1) is 18.7. The molecule has 0 spiro atoms. The Bertz CT molecular complexity index is 718. The summed E-state index contributed by atoms with van der Waals surface area (Å²) in [6.07, 6.45) is 3.19. The molecule has 0 amide bonds. The number of aliphatic carboxylic acids is 1. The van der Waals surface area contributed by atoms with Crippen LogP contribution in [0.4, 0.5) is 0 Å². The second kappa shape index (κ2) is 6.56. The van der Waals surface area contributed by atoms with Crippen LogP contribution in [0, 0.1) is 17.3 Å². The maximum atomic E-state index is 12.2. The maximum absolute atomic E-state index is 12.2. The van der Waals surface area contributed by atoms with Crippen LogP contribution in [0.1, 0.15) is 53.4 Å². The fraction of sp³-hybridized carbons (Fsp3) is 0.650. The first-order chi connectivity index (χ1) is 12.2. The zero-order valence-electron chi connectivity index (χ0n) is 15.7. The van der Waals surface area contributed by atoms with E-state index in [9.17, 15) is 19.5 Å². The van der Waals surface area contributed by atoms with E-state index in [0.717, 1.165) is 12.0 Å². The second-order valence-electron chi connectivity index (χ2n) is 7.97. The topological polar surface area (TPSA) is 89.9 Å². The molecule has 3 aliphatic rings. The average Bonchev–Trinajstić information content (AvgIpc) is 2.84. The molecular formula is C20H26O6. The van der Waals surface area contributed by atoms with E-state index in [1.54, 1.807) is 26.8 Å². The minimum atomic E-state index is -0.949. The van der Waals surface area contributed by atoms with E-state index in [1.165, 1.54) is 0 Å². The zero-order valence-corrected chi connectivity index (χ0v) is 15.7. The number of carboxylic acid groups (broad SMARTS) is 1. The molecule has 2 aliphatic carbocycles. The molecule has 6 heteroatoms. The molecule has 142 valence electrons. The van der Waals surface area contributed by atoms with Gasteiger partial charge in [-0.2, -0.15) is 0 Å². The highest BCUT2D eigenvalue weighted by molar-refractivity contribution is 5.92. The number of hydrogen-bond donors (Lipinski definition) is 1. The summed E-state index contributed by atoms with van der Waals surface area (Å²) < 4.78 is 11.0. The molecule has 0 aromatic heterocycles. The van der Waals surface area contributed by atoms with Crippen molar-refractivity contribution in [3.8, 4) is 0 Å². The maximum Gasteiger partial charge on any atom is 0.334 e. The van der Waals surface area contributed by atoms with E-state index in [2.05, 4.69) is 0 Å². The Kier molecular flexibility index (Phi) is 4.71. The van der Waals surface area contributed by atoms with Gasteiger partial charge in [0, 0.05) is 11.1 Å². The fourth-order valence-electron chi connectivity index (χ4n) is 4.87. The number of fused-ring (bicyclic) bond motifs is 2. The molecule has 1 heterocycles. The van der Waals surface area contributed by atoms with Crippen molar-refractivity contribution in [2.24, 2.45) is 17.3 Å². The van der Waals surface area contributed by atoms with E-state index >= 15 is 0 Å². The highest BCUT2D eigenvalue weighted by Gasteiger charge is 2.58. The van der Waals surface area contributed by atoms with Crippen LogP contribution in [0.15, 0.2) is 22.8 Å². The van der Waals surface area contributed by atoms with Crippen LogP contribution in [0.25, 0.3) is 0 Å². The molecule has 0 aromatic carbocycles. The summed E-state index contributed by atoms with van der Waals surface area (Å²) in [5.74, 6) is -2.39. The van der Waals surface area contributed by atoms with Gasteiger partial charge in [-0.3, -0.25) is 4.79 Å². The molecule has 0 aromatic rings. The van der Waals surface area contributed by atoms with E-state index < -0.39 is 29.4 Å². The summed E-state index contributed by atoms with van der Waals surface area (Å²) >= 11 is 0. The molecule has 0 saturated heterocycles. The van der Waals surface area contributed by atoms with Gasteiger partial charge < -0.3 is 14.6 Å². The van der Waals surface area contributed by atoms with Crippen molar-refractivity contribution in [3.63, 3.8) is 0 Å². The van der Waals surface area contributed by atoms with Crippen molar-refractivity contribution < 1.29 is 29.0 Å². The fourth-order valence-corrected chi connectivity index (χ4v) is 4.87. The van der Waals surface area contributed by atoms with Crippen LogP contribution in [0.2, 0.25) is 0 Å². The number of ether oxygens (including phenoxy) is 2. The quantitative estimate of drug-likeness (QED) is 0.613. The predicted octanol–water partition coefficient (Wildman–Crippen LogP) is 3.02. The average molecular weight is 362 g/mol. The van der Waals surface area contributed by atoms with Crippen molar-refractivity contribution in [2.45, 2.75) is 65.6 Å². The summed E-state index contributed by atoms with van der Waals surface area (Å²) in [4.78, 5) is 36.3. The molecule has 0 bridgehead atoms. The first-order valence-corrected chi connectivity index (χ1v) is 9.16. The van der Waals surface area contributed by atoms with Crippen LogP contribution in [-0.2, 0) is 23.9 Å². The molecule has 26 heavy (non-hydrogen) atoms. The lowest BCUT2D eigenvalue weighted by Gasteiger charge is -2.52. The van der Waals surface area contributed by atoms with Crippen molar-refractivity contribution in [1.82, 2.24) is 0 Å². The summed E-state index contributed by atoms with van der Waals surface area (Å²) in [6, 6.07) is 0. The first-order valence-electron chi connectivity index (χ1n) is 9.16. The molecule has 5 atom stereocenters. The highest BCUT2D eigenvalue weighted by atomic mass is 16.6. The Morgan fingerprint density at radius 1 is 1.35 bits per heavy atom. The van der Waals surface area contributed by atoms with E-state index in [1.807, 2.05) is 6.92 Å². The van der Waals surface area contributed by atoms with E-state index in [0.29, 0.717) is 30.4 Å². The number of rotatable bonds is 3. The lowest BCUT2D eigenvalue weighted by Crippen LogP contribution is -2.54. The van der Waals surface area contributed by atoms with Gasteiger partial charge in [-0.05, 0) is 63.4 Å². The Balaban J connectivity index is 1.92. The Labute approximate surface area is 153 Å². The standard InChI is InChI=1S/C20H26O6/c1-5-10(2)18(23)25-14-7-6-12-8-15-13(11(3)19(24)26-15)9-20(12,4)16(14)17(21)22/h5,12,14-16H,6-9H2,1-4H3,(H,21,22)/b10-5-/t12-,14+,15-,16-,20+/m1/s1. The van der Waals surface area contributed by atoms with Crippen molar-refractivity contribution in [3.05, 3.63) is 22.8 Å². The molecule has 3 rings (SSSR count). The smallest absolute Gasteiger partial charge is 0.334 e. The van der Waals surface area contributed by atoms with Crippen molar-refractivity contribution >= 4 is 17.9 Å². The Morgan fingerprint density at radius 3 is 2.65 bits per heavy atom. The molecular weight excluding hydrogens is 336 g/mol. The lowest BCUT2D eigenvalue weighted by atomic mass is 9.53. The molecule has 1 aliphatic heterocycles. The van der Waals surface area contributed by atoms with Gasteiger partial charge in [-0.25, -0.2) is 9.59 Å². The minimum absolute atomic E-state index is 0.119. The van der Waals surface area contributed by atoms with Gasteiger partial charge in [0.1, 0.15) is 12.2 Å². The molecule has 0 radical (unpaired) electrons. The largest absolute Gasteiger partial charge is 0.481 e. The second-order valence-corrected chi connectivity index (χ2v) is 7.97. The van der Waals surface area contributed by atoms with Gasteiger partial charge in [0.25, 0.3) is 0 Å². The van der Waals surface area contributed by atoms with Crippen LogP contribution in [0.3, 0.4) is 0 Å². The monoisotopic (exact) mass is 362 g/mol. The lowest BCUT2D eigenvalue weighted by molar-refractivity contribution is -0.176. The summed E-state index contributed by atoms with van der Waals surface area (Å²) in [5.41, 5.74) is 1.41. The van der Waals surface area contributed by atoms with Gasteiger partial charge in [0.2, 0.25) is 0 Å². The van der Waals surface area contributed by atoms with Crippen LogP contribution in [-0.4, -0.2) is 35.2 Å². The SMILES string of the molecule is C/C=C(/C)C(=O)O[C@H]1CC[C@@H]2C[C@H]3OC(=O)C(C)=C3C[C@]2(C)[C@H]1C(=O)O. The highest BCUT2D eigenvalue weighted by Crippen LogP contribution is 2.57. The number of carbonyl (C=O) groups excluding carboxylic acids is 2. The zero-order chi connectivity index (χ0) is 19.2. The molecule has 0 unspecified atom stereocenters. The Hall–Kier alpha value is -2.11.